The molecule has 1 atom stereocenters. The van der Waals surface area contributed by atoms with E-state index in [4.69, 9.17) is 0 Å². The topological polar surface area (TPSA) is 81.8 Å². The summed E-state index contributed by atoms with van der Waals surface area (Å²) >= 11 is 0. The van der Waals surface area contributed by atoms with Gasteiger partial charge in [0, 0.05) is 7.05 Å². The number of aryl methyl sites for hydroxylation is 3. The second-order valence-corrected chi connectivity index (χ2v) is 6.28. The molecule has 2 heterocycles. The molecule has 0 aliphatic carbocycles. The first-order valence-electron chi connectivity index (χ1n) is 8.12. The molecule has 0 saturated carbocycles. The zero-order valence-corrected chi connectivity index (χ0v) is 14.8. The number of nitrogens with zero attached hydrogens (tertiary/aromatic N) is 4. The number of aromatic nitrogens is 4. The molecule has 0 spiro atoms. The molecule has 130 valence electrons. The first-order chi connectivity index (χ1) is 11.9. The Morgan fingerprint density at radius 2 is 1.92 bits per heavy atom. The van der Waals surface area contributed by atoms with E-state index < -0.39 is 0 Å². The van der Waals surface area contributed by atoms with Gasteiger partial charge in [0.25, 0.3) is 5.56 Å². The zero-order chi connectivity index (χ0) is 18.1. The highest BCUT2D eigenvalue weighted by Crippen LogP contribution is 2.13. The Bertz CT molecular complexity index is 985. The van der Waals surface area contributed by atoms with Crippen LogP contribution in [0.4, 0.5) is 0 Å². The monoisotopic (exact) mass is 339 g/mol. The number of rotatable bonds is 4. The van der Waals surface area contributed by atoms with Crippen LogP contribution < -0.4 is 10.9 Å². The normalized spacial score (nSPS) is 12.3. The van der Waals surface area contributed by atoms with Gasteiger partial charge in [-0.1, -0.05) is 29.8 Å². The van der Waals surface area contributed by atoms with Gasteiger partial charge < -0.3 is 5.32 Å². The lowest BCUT2D eigenvalue weighted by Gasteiger charge is -2.15. The first-order valence-corrected chi connectivity index (χ1v) is 8.12. The summed E-state index contributed by atoms with van der Waals surface area (Å²) in [6.07, 6.45) is 1.56. The molecule has 1 N–H and O–H groups in total. The maximum absolute atomic E-state index is 12.6. The molecule has 3 aromatic rings. The van der Waals surface area contributed by atoms with Gasteiger partial charge in [-0.3, -0.25) is 14.3 Å². The van der Waals surface area contributed by atoms with E-state index in [9.17, 15) is 9.59 Å². The van der Waals surface area contributed by atoms with Crippen molar-refractivity contribution < 1.29 is 4.79 Å². The predicted molar refractivity (Wildman–Crippen MR) is 95.2 cm³/mol. The average Bonchev–Trinajstić information content (AvgIpc) is 2.85. The number of carbonyl (C=O) groups is 1. The van der Waals surface area contributed by atoms with E-state index in [1.54, 1.807) is 24.9 Å². The van der Waals surface area contributed by atoms with E-state index >= 15 is 0 Å². The molecule has 1 amide bonds. The van der Waals surface area contributed by atoms with Crippen molar-refractivity contribution in [2.24, 2.45) is 7.05 Å². The molecule has 0 fully saturated rings. The maximum Gasteiger partial charge on any atom is 0.278 e. The number of amides is 1. The summed E-state index contributed by atoms with van der Waals surface area (Å²) in [5.74, 6) is -0.261. The molecule has 1 unspecified atom stereocenters. The highest BCUT2D eigenvalue weighted by atomic mass is 16.2. The van der Waals surface area contributed by atoms with Crippen LogP contribution in [-0.4, -0.2) is 25.5 Å². The fraction of sp³-hybridized carbons (Fsp3) is 0.333. The number of nitrogens with one attached hydrogen (secondary N) is 1. The van der Waals surface area contributed by atoms with Crippen molar-refractivity contribution >= 4 is 16.8 Å². The molecule has 0 saturated heterocycles. The Morgan fingerprint density at radius 3 is 2.60 bits per heavy atom. The Kier molecular flexibility index (Phi) is 4.39. The van der Waals surface area contributed by atoms with Gasteiger partial charge in [0.15, 0.2) is 0 Å². The summed E-state index contributed by atoms with van der Waals surface area (Å²) in [7, 11) is 1.76. The van der Waals surface area contributed by atoms with Crippen molar-refractivity contribution in [1.29, 1.82) is 0 Å². The quantitative estimate of drug-likeness (QED) is 0.783. The minimum Gasteiger partial charge on any atom is -0.348 e. The lowest BCUT2D eigenvalue weighted by atomic mass is 10.1. The second-order valence-electron chi connectivity index (χ2n) is 6.28. The number of benzene rings is 1. The van der Waals surface area contributed by atoms with Crippen LogP contribution in [0, 0.1) is 13.8 Å². The Hall–Kier alpha value is -2.96. The Morgan fingerprint density at radius 1 is 1.24 bits per heavy atom. The van der Waals surface area contributed by atoms with Gasteiger partial charge in [-0.05, 0) is 26.3 Å². The fourth-order valence-electron chi connectivity index (χ4n) is 2.87. The SMILES string of the molecule is Cc1ccc(C(C)NC(=O)Cn2ncc3c(c(C)nn3C)c2=O)cc1. The molecule has 7 heteroatoms. The molecular formula is C18H21N5O2. The molecule has 25 heavy (non-hydrogen) atoms. The largest absolute Gasteiger partial charge is 0.348 e. The van der Waals surface area contributed by atoms with Gasteiger partial charge in [-0.15, -0.1) is 0 Å². The Labute approximate surface area is 145 Å². The third kappa shape index (κ3) is 3.31. The molecular weight excluding hydrogens is 318 g/mol. The summed E-state index contributed by atoms with van der Waals surface area (Å²) < 4.78 is 2.79. The molecule has 7 nitrogen and oxygen atoms in total. The third-order valence-corrected chi connectivity index (χ3v) is 4.28. The van der Waals surface area contributed by atoms with Crippen LogP contribution >= 0.6 is 0 Å². The summed E-state index contributed by atoms with van der Waals surface area (Å²) in [4.78, 5) is 24.9. The number of fused-ring (bicyclic) bond motifs is 1. The maximum atomic E-state index is 12.6. The van der Waals surface area contributed by atoms with Crippen LogP contribution in [0.2, 0.25) is 0 Å². The smallest absolute Gasteiger partial charge is 0.278 e. The molecule has 1 aromatic carbocycles. The van der Waals surface area contributed by atoms with E-state index in [0.29, 0.717) is 16.6 Å². The lowest BCUT2D eigenvalue weighted by Crippen LogP contribution is -2.35. The van der Waals surface area contributed by atoms with E-state index in [1.807, 2.05) is 38.1 Å². The fourth-order valence-corrected chi connectivity index (χ4v) is 2.87. The summed E-state index contributed by atoms with van der Waals surface area (Å²) in [5.41, 5.74) is 3.16. The van der Waals surface area contributed by atoms with E-state index in [1.165, 1.54) is 4.68 Å². The molecule has 0 aliphatic heterocycles. The highest BCUT2D eigenvalue weighted by Gasteiger charge is 2.15. The van der Waals surface area contributed by atoms with Gasteiger partial charge >= 0.3 is 0 Å². The minimum absolute atomic E-state index is 0.126. The van der Waals surface area contributed by atoms with Crippen molar-refractivity contribution in [3.63, 3.8) is 0 Å². The van der Waals surface area contributed by atoms with Crippen molar-refractivity contribution in [1.82, 2.24) is 24.9 Å². The van der Waals surface area contributed by atoms with E-state index in [0.717, 1.165) is 11.1 Å². The Balaban J connectivity index is 1.78. The molecule has 0 aliphatic rings. The summed E-state index contributed by atoms with van der Waals surface area (Å²) in [6.45, 7) is 5.57. The first kappa shape index (κ1) is 16.9. The van der Waals surface area contributed by atoms with Gasteiger partial charge in [0.2, 0.25) is 5.91 Å². The van der Waals surface area contributed by atoms with Crippen LogP contribution in [0.3, 0.4) is 0 Å². The highest BCUT2D eigenvalue weighted by molar-refractivity contribution is 5.80. The number of hydrogen-bond donors (Lipinski definition) is 1. The van der Waals surface area contributed by atoms with Crippen molar-refractivity contribution in [2.75, 3.05) is 0 Å². The lowest BCUT2D eigenvalue weighted by molar-refractivity contribution is -0.122. The average molecular weight is 339 g/mol. The minimum atomic E-state index is -0.304. The second kappa shape index (κ2) is 6.51. The van der Waals surface area contributed by atoms with E-state index in [2.05, 4.69) is 15.5 Å². The predicted octanol–water partition coefficient (Wildman–Crippen LogP) is 1.62. The third-order valence-electron chi connectivity index (χ3n) is 4.28. The number of hydrogen-bond acceptors (Lipinski definition) is 4. The van der Waals surface area contributed by atoms with Crippen molar-refractivity contribution in [3.8, 4) is 0 Å². The summed E-state index contributed by atoms with van der Waals surface area (Å²) in [5, 5.41) is 11.7. The van der Waals surface area contributed by atoms with Gasteiger partial charge in [0.05, 0.1) is 28.8 Å². The number of carbonyl (C=O) groups excluding carboxylic acids is 1. The molecule has 3 rings (SSSR count). The molecule has 0 radical (unpaired) electrons. The van der Waals surface area contributed by atoms with Gasteiger partial charge in [-0.2, -0.15) is 10.2 Å². The van der Waals surface area contributed by atoms with Crippen LogP contribution in [0.1, 0.15) is 29.8 Å². The zero-order valence-electron chi connectivity index (χ0n) is 14.8. The van der Waals surface area contributed by atoms with Gasteiger partial charge in [-0.25, -0.2) is 4.68 Å². The van der Waals surface area contributed by atoms with Crippen LogP contribution in [-0.2, 0) is 18.4 Å². The van der Waals surface area contributed by atoms with Gasteiger partial charge in [0.1, 0.15) is 6.54 Å². The summed E-state index contributed by atoms with van der Waals surface area (Å²) in [6, 6.07) is 7.82. The van der Waals surface area contributed by atoms with Crippen LogP contribution in [0.15, 0.2) is 35.3 Å². The van der Waals surface area contributed by atoms with Crippen molar-refractivity contribution in [3.05, 3.63) is 57.6 Å². The van der Waals surface area contributed by atoms with Crippen LogP contribution in [0.5, 0.6) is 0 Å². The van der Waals surface area contributed by atoms with E-state index in [-0.39, 0.29) is 24.1 Å². The van der Waals surface area contributed by atoms with Crippen LogP contribution in [0.25, 0.3) is 10.9 Å². The molecule has 2 aromatic heterocycles. The van der Waals surface area contributed by atoms with Crippen molar-refractivity contribution in [2.45, 2.75) is 33.4 Å². The molecule has 0 bridgehead atoms. The standard InChI is InChI=1S/C18H21N5O2/c1-11-5-7-14(8-6-11)12(2)20-16(24)10-23-18(25)17-13(3)21-22(4)15(17)9-19-23/h5-9,12H,10H2,1-4H3,(H,20,24).